The number of aromatic nitrogens is 2. The van der Waals surface area contributed by atoms with Crippen molar-refractivity contribution < 1.29 is 9.66 Å². The molecule has 2 rings (SSSR count). The van der Waals surface area contributed by atoms with Gasteiger partial charge in [-0.1, -0.05) is 15.9 Å². The third-order valence-electron chi connectivity index (χ3n) is 2.82. The number of aromatic amines is 2. The van der Waals surface area contributed by atoms with Gasteiger partial charge in [-0.15, -0.1) is 0 Å². The average molecular weight is 393 g/mol. The summed E-state index contributed by atoms with van der Waals surface area (Å²) in [6, 6.07) is 6.79. The van der Waals surface area contributed by atoms with E-state index in [4.69, 9.17) is 10.00 Å². The molecule has 0 aliphatic heterocycles. The van der Waals surface area contributed by atoms with Gasteiger partial charge in [0.2, 0.25) is 0 Å². The Bertz CT molecular complexity index is 970. The highest BCUT2D eigenvalue weighted by Gasteiger charge is 2.18. The number of H-pyrrole nitrogens is 2. The van der Waals surface area contributed by atoms with Gasteiger partial charge in [0.05, 0.1) is 4.92 Å². The van der Waals surface area contributed by atoms with Crippen molar-refractivity contribution in [2.75, 3.05) is 6.61 Å². The van der Waals surface area contributed by atoms with E-state index in [0.29, 0.717) is 15.8 Å². The molecule has 10 heteroatoms. The van der Waals surface area contributed by atoms with Crippen LogP contribution >= 0.6 is 15.9 Å². The standard InChI is InChI=1S/C14H9BrN4O5/c15-9-2-4-11(24-6-5-16)8(7-9)1-3-10-12(19(22)23)13(20)18-14(21)17-10/h1-4,7H,6H2,(H2,17,18,20,21)/b3-1+. The largest absolute Gasteiger partial charge is 0.478 e. The summed E-state index contributed by atoms with van der Waals surface area (Å²) in [5, 5.41) is 19.6. The van der Waals surface area contributed by atoms with Gasteiger partial charge in [-0.25, -0.2) is 4.79 Å². The second-order valence-electron chi connectivity index (χ2n) is 4.39. The topological polar surface area (TPSA) is 142 Å². The smallest absolute Gasteiger partial charge is 0.357 e. The van der Waals surface area contributed by atoms with Crippen LogP contribution in [0.5, 0.6) is 5.75 Å². The molecule has 0 saturated heterocycles. The number of nitro groups is 1. The van der Waals surface area contributed by atoms with Crippen molar-refractivity contribution in [3.8, 4) is 11.8 Å². The molecule has 9 nitrogen and oxygen atoms in total. The highest BCUT2D eigenvalue weighted by atomic mass is 79.9. The molecule has 2 N–H and O–H groups in total. The first kappa shape index (κ1) is 17.2. The number of halogens is 1. The fraction of sp³-hybridized carbons (Fsp3) is 0.0714. The van der Waals surface area contributed by atoms with Gasteiger partial charge in [0.25, 0.3) is 0 Å². The minimum atomic E-state index is -1.10. The summed E-state index contributed by atoms with van der Waals surface area (Å²) in [7, 11) is 0. The van der Waals surface area contributed by atoms with Crippen LogP contribution in [0.2, 0.25) is 0 Å². The molecule has 0 saturated carbocycles. The maximum atomic E-state index is 11.6. The molecule has 0 unspecified atom stereocenters. The molecule has 1 aromatic heterocycles. The summed E-state index contributed by atoms with van der Waals surface area (Å²) in [5.41, 5.74) is -2.49. The number of nitrogens with one attached hydrogen (secondary N) is 2. The zero-order valence-electron chi connectivity index (χ0n) is 11.9. The molecular formula is C14H9BrN4O5. The lowest BCUT2D eigenvalue weighted by atomic mass is 10.1. The van der Waals surface area contributed by atoms with Crippen LogP contribution in [0, 0.1) is 21.4 Å². The molecule has 0 radical (unpaired) electrons. The van der Waals surface area contributed by atoms with E-state index in [2.05, 4.69) is 20.9 Å². The van der Waals surface area contributed by atoms with Crippen LogP contribution < -0.4 is 16.0 Å². The van der Waals surface area contributed by atoms with Gasteiger partial charge in [0.1, 0.15) is 17.5 Å². The Labute approximate surface area is 142 Å². The third-order valence-corrected chi connectivity index (χ3v) is 3.31. The number of ether oxygens (including phenoxy) is 1. The van der Waals surface area contributed by atoms with Crippen LogP contribution in [0.1, 0.15) is 11.3 Å². The Kier molecular flexibility index (Phi) is 5.28. The minimum Gasteiger partial charge on any atom is -0.478 e. The molecule has 0 fully saturated rings. The molecule has 0 bridgehead atoms. The van der Waals surface area contributed by atoms with Gasteiger partial charge in [-0.2, -0.15) is 5.26 Å². The monoisotopic (exact) mass is 392 g/mol. The van der Waals surface area contributed by atoms with Crippen LogP contribution in [-0.4, -0.2) is 21.5 Å². The van der Waals surface area contributed by atoms with Crippen LogP contribution in [0.3, 0.4) is 0 Å². The highest BCUT2D eigenvalue weighted by Crippen LogP contribution is 2.25. The molecule has 1 aromatic carbocycles. The summed E-state index contributed by atoms with van der Waals surface area (Å²) < 4.78 is 5.96. The maximum Gasteiger partial charge on any atom is 0.357 e. The summed E-state index contributed by atoms with van der Waals surface area (Å²) in [5.74, 6) is 0.367. The normalized spacial score (nSPS) is 10.5. The first-order valence-electron chi connectivity index (χ1n) is 6.40. The third kappa shape index (κ3) is 3.96. The van der Waals surface area contributed by atoms with Crippen LogP contribution in [-0.2, 0) is 0 Å². The molecule has 0 spiro atoms. The molecule has 0 amide bonds. The fourth-order valence-electron chi connectivity index (χ4n) is 1.86. The molecule has 0 aliphatic carbocycles. The Morgan fingerprint density at radius 1 is 1.33 bits per heavy atom. The van der Waals surface area contributed by atoms with Gasteiger partial charge >= 0.3 is 16.9 Å². The van der Waals surface area contributed by atoms with E-state index in [1.165, 1.54) is 12.2 Å². The van der Waals surface area contributed by atoms with Crippen LogP contribution in [0.4, 0.5) is 5.69 Å². The molecule has 0 atom stereocenters. The SMILES string of the molecule is N#CCOc1ccc(Br)cc1/C=C/c1[nH]c(=O)[nH]c(=O)c1[N+](=O)[O-]. The van der Waals surface area contributed by atoms with E-state index in [0.717, 1.165) is 0 Å². The van der Waals surface area contributed by atoms with E-state index >= 15 is 0 Å². The number of hydrogen-bond acceptors (Lipinski definition) is 6. The van der Waals surface area contributed by atoms with Crippen LogP contribution in [0.25, 0.3) is 12.2 Å². The van der Waals surface area contributed by atoms with E-state index in [-0.39, 0.29) is 12.3 Å². The van der Waals surface area contributed by atoms with Crippen molar-refractivity contribution in [1.82, 2.24) is 9.97 Å². The van der Waals surface area contributed by atoms with Crippen molar-refractivity contribution in [3.05, 3.63) is 64.9 Å². The Balaban J connectivity index is 2.51. The summed E-state index contributed by atoms with van der Waals surface area (Å²) in [4.78, 5) is 37.0. The van der Waals surface area contributed by atoms with Crippen molar-refractivity contribution in [1.29, 1.82) is 5.26 Å². The maximum absolute atomic E-state index is 11.6. The lowest BCUT2D eigenvalue weighted by Gasteiger charge is -2.06. The van der Waals surface area contributed by atoms with Gasteiger partial charge < -0.3 is 9.72 Å². The molecule has 24 heavy (non-hydrogen) atoms. The summed E-state index contributed by atoms with van der Waals surface area (Å²) in [6.45, 7) is -0.176. The number of benzene rings is 1. The Morgan fingerprint density at radius 2 is 2.08 bits per heavy atom. The predicted octanol–water partition coefficient (Wildman–Crippen LogP) is 1.81. The van der Waals surface area contributed by atoms with E-state index in [1.54, 1.807) is 23.2 Å². The quantitative estimate of drug-likeness (QED) is 0.586. The zero-order valence-corrected chi connectivity index (χ0v) is 13.5. The van der Waals surface area contributed by atoms with Gasteiger partial charge in [-0.05, 0) is 30.4 Å². The van der Waals surface area contributed by atoms with Gasteiger partial charge in [-0.3, -0.25) is 19.9 Å². The summed E-state index contributed by atoms with van der Waals surface area (Å²) in [6.07, 6.45) is 2.64. The van der Waals surface area contributed by atoms with Crippen molar-refractivity contribution in [2.24, 2.45) is 0 Å². The molecule has 0 aliphatic rings. The van der Waals surface area contributed by atoms with Crippen molar-refractivity contribution >= 4 is 33.8 Å². The molecule has 1 heterocycles. The first-order chi connectivity index (χ1) is 11.4. The molecule has 122 valence electrons. The highest BCUT2D eigenvalue weighted by molar-refractivity contribution is 9.10. The van der Waals surface area contributed by atoms with Gasteiger partial charge in [0, 0.05) is 10.0 Å². The number of hydrogen-bond donors (Lipinski definition) is 2. The van der Waals surface area contributed by atoms with E-state index in [9.17, 15) is 19.7 Å². The second kappa shape index (κ2) is 7.38. The Morgan fingerprint density at radius 3 is 2.75 bits per heavy atom. The van der Waals surface area contributed by atoms with Gasteiger partial charge in [0.15, 0.2) is 6.61 Å². The van der Waals surface area contributed by atoms with E-state index in [1.807, 2.05) is 6.07 Å². The number of rotatable bonds is 5. The van der Waals surface area contributed by atoms with E-state index < -0.39 is 21.9 Å². The molecule has 2 aromatic rings. The summed E-state index contributed by atoms with van der Waals surface area (Å²) >= 11 is 3.28. The zero-order chi connectivity index (χ0) is 17.7. The molecular weight excluding hydrogens is 384 g/mol. The predicted molar refractivity (Wildman–Crippen MR) is 88.5 cm³/mol. The Hall–Kier alpha value is -3.19. The second-order valence-corrected chi connectivity index (χ2v) is 5.31. The average Bonchev–Trinajstić information content (AvgIpc) is 2.50. The lowest BCUT2D eigenvalue weighted by molar-refractivity contribution is -0.386. The van der Waals surface area contributed by atoms with Crippen molar-refractivity contribution in [3.63, 3.8) is 0 Å². The minimum absolute atomic E-state index is 0.176. The number of nitriles is 1. The van der Waals surface area contributed by atoms with Crippen LogP contribution in [0.15, 0.2) is 32.3 Å². The van der Waals surface area contributed by atoms with Crippen molar-refractivity contribution in [2.45, 2.75) is 0 Å². The number of nitrogens with zero attached hydrogens (tertiary/aromatic N) is 2. The first-order valence-corrected chi connectivity index (χ1v) is 7.20. The fourth-order valence-corrected chi connectivity index (χ4v) is 2.24. The lowest BCUT2D eigenvalue weighted by Crippen LogP contribution is -2.25.